The number of nitrogens with zero attached hydrogens (tertiary/aromatic N) is 1. The van der Waals surface area contributed by atoms with Crippen LogP contribution in [-0.2, 0) is 22.4 Å². The molecule has 0 aliphatic carbocycles. The number of rotatable bonds is 11. The van der Waals surface area contributed by atoms with E-state index in [2.05, 4.69) is 5.32 Å². The molecule has 1 aliphatic heterocycles. The zero-order valence-corrected chi connectivity index (χ0v) is 18.8. The fraction of sp³-hybridized carbons (Fsp3) is 0.333. The Labute approximate surface area is 187 Å². The topological polar surface area (TPSA) is 86.3 Å². The van der Waals surface area contributed by atoms with Gasteiger partial charge in [-0.1, -0.05) is 12.1 Å². The first-order valence-electron chi connectivity index (χ1n) is 10.2. The van der Waals surface area contributed by atoms with Gasteiger partial charge in [0, 0.05) is 19.2 Å². The van der Waals surface area contributed by atoms with Crippen LogP contribution in [0, 0.1) is 0 Å². The van der Waals surface area contributed by atoms with E-state index in [9.17, 15) is 9.59 Å². The summed E-state index contributed by atoms with van der Waals surface area (Å²) < 4.78 is 21.1. The van der Waals surface area contributed by atoms with E-state index in [0.717, 1.165) is 11.1 Å². The molecular weight excluding hydrogens is 412 g/mol. The number of ether oxygens (including phenoxy) is 4. The first-order valence-corrected chi connectivity index (χ1v) is 10.2. The Kier molecular flexibility index (Phi) is 7.59. The maximum Gasteiger partial charge on any atom is 0.276 e. The molecule has 170 valence electrons. The number of nitrogens with one attached hydrogen (secondary N) is 1. The van der Waals surface area contributed by atoms with Crippen molar-refractivity contribution in [3.63, 3.8) is 0 Å². The van der Waals surface area contributed by atoms with Crippen LogP contribution >= 0.6 is 0 Å². The monoisotopic (exact) mass is 440 g/mol. The van der Waals surface area contributed by atoms with Gasteiger partial charge in [-0.3, -0.25) is 14.5 Å². The van der Waals surface area contributed by atoms with Gasteiger partial charge >= 0.3 is 0 Å². The van der Waals surface area contributed by atoms with Gasteiger partial charge in [0.2, 0.25) is 0 Å². The van der Waals surface area contributed by atoms with Gasteiger partial charge in [-0.05, 0) is 48.2 Å². The molecule has 2 aromatic carbocycles. The van der Waals surface area contributed by atoms with Gasteiger partial charge in [0.1, 0.15) is 5.70 Å². The molecule has 0 fully saturated rings. The number of methoxy groups -OCH3 is 4. The molecule has 0 atom stereocenters. The second-order valence-electron chi connectivity index (χ2n) is 7.16. The summed E-state index contributed by atoms with van der Waals surface area (Å²) in [7, 11) is 6.32. The van der Waals surface area contributed by atoms with Crippen LogP contribution in [0.4, 0.5) is 0 Å². The van der Waals surface area contributed by atoms with Gasteiger partial charge in [0.05, 0.1) is 28.4 Å². The minimum absolute atomic E-state index is 0.282. The lowest BCUT2D eigenvalue weighted by molar-refractivity contribution is -0.137. The molecule has 0 bridgehead atoms. The van der Waals surface area contributed by atoms with Crippen LogP contribution < -0.4 is 24.3 Å². The maximum absolute atomic E-state index is 12.7. The van der Waals surface area contributed by atoms with Gasteiger partial charge in [-0.2, -0.15) is 0 Å². The number of imide groups is 1. The third-order valence-electron chi connectivity index (χ3n) is 5.26. The van der Waals surface area contributed by atoms with Crippen molar-refractivity contribution >= 4 is 11.8 Å². The van der Waals surface area contributed by atoms with Crippen LogP contribution in [0.25, 0.3) is 0 Å². The molecule has 8 heteroatoms. The van der Waals surface area contributed by atoms with Crippen LogP contribution in [-0.4, -0.2) is 58.2 Å². The number of hydrogen-bond acceptors (Lipinski definition) is 7. The molecular formula is C24H28N2O6. The highest BCUT2D eigenvalue weighted by atomic mass is 16.5. The van der Waals surface area contributed by atoms with Crippen LogP contribution in [0.1, 0.15) is 11.1 Å². The number of carbonyl (C=O) groups is 2. The fourth-order valence-electron chi connectivity index (χ4n) is 3.50. The lowest BCUT2D eigenvalue weighted by Crippen LogP contribution is -2.35. The van der Waals surface area contributed by atoms with Crippen LogP contribution in [0.5, 0.6) is 23.0 Å². The summed E-state index contributed by atoms with van der Waals surface area (Å²) in [6, 6.07) is 11.2. The van der Waals surface area contributed by atoms with E-state index in [1.807, 2.05) is 30.3 Å². The molecule has 1 aliphatic rings. The predicted octanol–water partition coefficient (Wildman–Crippen LogP) is 2.35. The van der Waals surface area contributed by atoms with E-state index >= 15 is 0 Å². The molecule has 1 N–H and O–H groups in total. The molecule has 32 heavy (non-hydrogen) atoms. The lowest BCUT2D eigenvalue weighted by atomic mass is 10.1. The van der Waals surface area contributed by atoms with Crippen molar-refractivity contribution in [2.75, 3.05) is 41.5 Å². The third kappa shape index (κ3) is 5.14. The largest absolute Gasteiger partial charge is 0.493 e. The standard InChI is InChI=1S/C24H28N2O6/c1-29-19-7-5-16(13-21(19)31-3)9-11-25-18-15-23(27)26(24(18)28)12-10-17-6-8-20(30-2)22(14-17)32-4/h5-8,13-15,25H,9-12H2,1-4H3. The Hall–Kier alpha value is -3.68. The molecule has 0 saturated heterocycles. The van der Waals surface area contributed by atoms with Crippen LogP contribution in [0.15, 0.2) is 48.2 Å². The molecule has 8 nitrogen and oxygen atoms in total. The van der Waals surface area contributed by atoms with Gasteiger partial charge in [0.15, 0.2) is 23.0 Å². The average Bonchev–Trinajstić information content (AvgIpc) is 3.09. The second kappa shape index (κ2) is 10.6. The highest BCUT2D eigenvalue weighted by molar-refractivity contribution is 6.15. The quantitative estimate of drug-likeness (QED) is 0.537. The van der Waals surface area contributed by atoms with E-state index in [4.69, 9.17) is 18.9 Å². The summed E-state index contributed by atoms with van der Waals surface area (Å²) in [4.78, 5) is 26.3. The SMILES string of the molecule is COc1ccc(CCNC2=CC(=O)N(CCc3ccc(OC)c(OC)c3)C2=O)cc1OC. The zero-order chi connectivity index (χ0) is 23.1. The van der Waals surface area contributed by atoms with Crippen molar-refractivity contribution < 1.29 is 28.5 Å². The van der Waals surface area contributed by atoms with Crippen molar-refractivity contribution in [3.05, 3.63) is 59.3 Å². The first kappa shape index (κ1) is 23.0. The minimum Gasteiger partial charge on any atom is -0.493 e. The Bertz CT molecular complexity index is 1020. The molecule has 0 aromatic heterocycles. The number of amides is 2. The van der Waals surface area contributed by atoms with Crippen LogP contribution in [0.2, 0.25) is 0 Å². The van der Waals surface area contributed by atoms with E-state index in [0.29, 0.717) is 48.1 Å². The fourth-order valence-corrected chi connectivity index (χ4v) is 3.50. The molecule has 1 heterocycles. The highest BCUT2D eigenvalue weighted by Crippen LogP contribution is 2.28. The Morgan fingerprint density at radius 1 is 0.750 bits per heavy atom. The number of hydrogen-bond donors (Lipinski definition) is 1. The summed E-state index contributed by atoms with van der Waals surface area (Å²) >= 11 is 0. The number of benzene rings is 2. The van der Waals surface area contributed by atoms with Crippen LogP contribution in [0.3, 0.4) is 0 Å². The first-order chi connectivity index (χ1) is 15.5. The second-order valence-corrected chi connectivity index (χ2v) is 7.16. The highest BCUT2D eigenvalue weighted by Gasteiger charge is 2.30. The van der Waals surface area contributed by atoms with Crippen molar-refractivity contribution in [1.82, 2.24) is 10.2 Å². The maximum atomic E-state index is 12.7. The van der Waals surface area contributed by atoms with Crippen molar-refractivity contribution in [2.24, 2.45) is 0 Å². The summed E-state index contributed by atoms with van der Waals surface area (Å²) in [6.07, 6.45) is 2.53. The molecule has 2 aromatic rings. The molecule has 0 spiro atoms. The molecule has 0 saturated carbocycles. The molecule has 0 radical (unpaired) electrons. The van der Waals surface area contributed by atoms with E-state index in [1.165, 1.54) is 11.0 Å². The normalized spacial score (nSPS) is 13.1. The molecule has 2 amide bonds. The van der Waals surface area contributed by atoms with E-state index < -0.39 is 0 Å². The summed E-state index contributed by atoms with van der Waals surface area (Å²) in [5.74, 6) is 1.92. The van der Waals surface area contributed by atoms with Gasteiger partial charge in [-0.15, -0.1) is 0 Å². The summed E-state index contributed by atoms with van der Waals surface area (Å²) in [5.41, 5.74) is 2.28. The van der Waals surface area contributed by atoms with E-state index in [1.54, 1.807) is 34.5 Å². The minimum atomic E-state index is -0.317. The van der Waals surface area contributed by atoms with Gasteiger partial charge in [-0.25, -0.2) is 0 Å². The van der Waals surface area contributed by atoms with Crippen molar-refractivity contribution in [3.8, 4) is 23.0 Å². The molecule has 3 rings (SSSR count). The van der Waals surface area contributed by atoms with Gasteiger partial charge < -0.3 is 24.3 Å². The van der Waals surface area contributed by atoms with Gasteiger partial charge in [0.25, 0.3) is 11.8 Å². The predicted molar refractivity (Wildman–Crippen MR) is 119 cm³/mol. The Morgan fingerprint density at radius 2 is 1.28 bits per heavy atom. The third-order valence-corrected chi connectivity index (χ3v) is 5.26. The Morgan fingerprint density at radius 3 is 1.81 bits per heavy atom. The zero-order valence-electron chi connectivity index (χ0n) is 18.8. The average molecular weight is 440 g/mol. The van der Waals surface area contributed by atoms with Crippen molar-refractivity contribution in [2.45, 2.75) is 12.8 Å². The lowest BCUT2D eigenvalue weighted by Gasteiger charge is -2.16. The van der Waals surface area contributed by atoms with Crippen molar-refractivity contribution in [1.29, 1.82) is 0 Å². The summed E-state index contributed by atoms with van der Waals surface area (Å²) in [6.45, 7) is 0.786. The Balaban J connectivity index is 1.54. The summed E-state index contributed by atoms with van der Waals surface area (Å²) in [5, 5.41) is 3.08. The smallest absolute Gasteiger partial charge is 0.276 e. The molecule has 0 unspecified atom stereocenters. The number of carbonyl (C=O) groups excluding carboxylic acids is 2. The van der Waals surface area contributed by atoms with E-state index in [-0.39, 0.29) is 18.4 Å².